The van der Waals surface area contributed by atoms with Crippen LogP contribution in [0.5, 0.6) is 0 Å². The lowest BCUT2D eigenvalue weighted by Crippen LogP contribution is -2.31. The lowest BCUT2D eigenvalue weighted by atomic mass is 10.1. The molecule has 1 saturated carbocycles. The topological polar surface area (TPSA) is 37.6 Å². The summed E-state index contributed by atoms with van der Waals surface area (Å²) in [6.07, 6.45) is 7.19. The molecule has 3 heterocycles. The van der Waals surface area contributed by atoms with E-state index in [4.69, 9.17) is 0 Å². The number of likely N-dealkylation sites (tertiary alicyclic amines) is 1. The highest BCUT2D eigenvalue weighted by Gasteiger charge is 2.37. The monoisotopic (exact) mass is 275 g/mol. The van der Waals surface area contributed by atoms with Gasteiger partial charge in [-0.25, -0.2) is 4.98 Å². The molecule has 0 spiro atoms. The third kappa shape index (κ3) is 2.11. The van der Waals surface area contributed by atoms with E-state index >= 15 is 0 Å². The van der Waals surface area contributed by atoms with Crippen molar-refractivity contribution in [2.75, 3.05) is 6.54 Å². The molecule has 100 valence electrons. The van der Waals surface area contributed by atoms with Gasteiger partial charge < -0.3 is 0 Å². The number of rotatable bonds is 3. The van der Waals surface area contributed by atoms with Crippen LogP contribution in [0.4, 0.5) is 0 Å². The zero-order chi connectivity index (χ0) is 12.8. The van der Waals surface area contributed by atoms with Crippen molar-refractivity contribution in [3.63, 3.8) is 0 Å². The number of nitrogens with zero attached hydrogens (tertiary/aromatic N) is 3. The Morgan fingerprint density at radius 1 is 1.37 bits per heavy atom. The van der Waals surface area contributed by atoms with E-state index in [-0.39, 0.29) is 5.56 Å². The number of hydrogen-bond donors (Lipinski definition) is 0. The third-order valence-corrected chi connectivity index (χ3v) is 5.06. The summed E-state index contributed by atoms with van der Waals surface area (Å²) < 4.78 is 1.62. The molecule has 4 rings (SSSR count). The van der Waals surface area contributed by atoms with E-state index in [1.54, 1.807) is 16.7 Å². The molecule has 0 N–H and O–H groups in total. The summed E-state index contributed by atoms with van der Waals surface area (Å²) in [5.74, 6) is 0.911. The number of thiazole rings is 1. The molecule has 2 aliphatic rings. The quantitative estimate of drug-likeness (QED) is 0.861. The van der Waals surface area contributed by atoms with Crippen molar-refractivity contribution in [2.45, 2.75) is 38.3 Å². The molecule has 1 unspecified atom stereocenters. The van der Waals surface area contributed by atoms with Gasteiger partial charge in [-0.1, -0.05) is 0 Å². The minimum Gasteiger partial charge on any atom is -0.294 e. The molecular formula is C14H17N3OS. The second-order valence-electron chi connectivity index (χ2n) is 5.66. The molecule has 5 heteroatoms. The van der Waals surface area contributed by atoms with Gasteiger partial charge in [0.25, 0.3) is 5.56 Å². The fourth-order valence-electron chi connectivity index (χ4n) is 3.24. The van der Waals surface area contributed by atoms with Gasteiger partial charge >= 0.3 is 0 Å². The van der Waals surface area contributed by atoms with Crippen LogP contribution in [-0.2, 0) is 6.54 Å². The zero-order valence-corrected chi connectivity index (χ0v) is 11.6. The summed E-state index contributed by atoms with van der Waals surface area (Å²) >= 11 is 1.53. The third-order valence-electron chi connectivity index (χ3n) is 4.30. The molecule has 0 aromatic carbocycles. The van der Waals surface area contributed by atoms with Crippen molar-refractivity contribution in [1.82, 2.24) is 14.3 Å². The van der Waals surface area contributed by atoms with E-state index in [2.05, 4.69) is 9.88 Å². The van der Waals surface area contributed by atoms with Crippen molar-refractivity contribution in [3.05, 3.63) is 33.7 Å². The zero-order valence-electron chi connectivity index (χ0n) is 10.8. The number of aromatic nitrogens is 2. The molecule has 1 aliphatic carbocycles. The van der Waals surface area contributed by atoms with Gasteiger partial charge in [-0.3, -0.25) is 14.1 Å². The maximum atomic E-state index is 12.0. The van der Waals surface area contributed by atoms with Crippen LogP contribution in [0.3, 0.4) is 0 Å². The van der Waals surface area contributed by atoms with Crippen LogP contribution in [0, 0.1) is 5.92 Å². The van der Waals surface area contributed by atoms with Crippen molar-refractivity contribution < 1.29 is 0 Å². The molecule has 0 amide bonds. The maximum Gasteiger partial charge on any atom is 0.258 e. The van der Waals surface area contributed by atoms with Crippen molar-refractivity contribution in [3.8, 4) is 0 Å². The molecular weight excluding hydrogens is 258 g/mol. The molecule has 19 heavy (non-hydrogen) atoms. The van der Waals surface area contributed by atoms with Gasteiger partial charge in [0.15, 0.2) is 4.96 Å². The fraction of sp³-hybridized carbons (Fsp3) is 0.571. The summed E-state index contributed by atoms with van der Waals surface area (Å²) in [6.45, 7) is 2.00. The van der Waals surface area contributed by atoms with Crippen LogP contribution in [-0.4, -0.2) is 26.9 Å². The van der Waals surface area contributed by atoms with Gasteiger partial charge in [0.1, 0.15) is 0 Å². The van der Waals surface area contributed by atoms with Gasteiger partial charge in [-0.05, 0) is 38.1 Å². The van der Waals surface area contributed by atoms with Gasteiger partial charge in [0.2, 0.25) is 0 Å². The minimum atomic E-state index is 0.0448. The van der Waals surface area contributed by atoms with Crippen LogP contribution >= 0.6 is 11.3 Å². The number of fused-ring (bicyclic) bond motifs is 1. The molecule has 2 fully saturated rings. The Bertz CT molecular complexity index is 658. The first-order valence-electron chi connectivity index (χ1n) is 7.01. The van der Waals surface area contributed by atoms with Gasteiger partial charge in [-0.15, -0.1) is 11.3 Å². The Balaban J connectivity index is 1.61. The van der Waals surface area contributed by atoms with Crippen molar-refractivity contribution in [2.24, 2.45) is 5.92 Å². The molecule has 2 aromatic rings. The highest BCUT2D eigenvalue weighted by molar-refractivity contribution is 7.15. The Hall–Kier alpha value is -1.20. The summed E-state index contributed by atoms with van der Waals surface area (Å²) in [6, 6.07) is 2.44. The summed E-state index contributed by atoms with van der Waals surface area (Å²) in [4.78, 5) is 19.9. The summed E-state index contributed by atoms with van der Waals surface area (Å²) in [7, 11) is 0. The molecule has 1 aliphatic heterocycles. The van der Waals surface area contributed by atoms with Crippen LogP contribution in [0.25, 0.3) is 4.96 Å². The first kappa shape index (κ1) is 11.6. The lowest BCUT2D eigenvalue weighted by Gasteiger charge is -2.23. The normalized spacial score (nSPS) is 24.3. The van der Waals surface area contributed by atoms with Crippen LogP contribution in [0.15, 0.2) is 22.4 Å². The van der Waals surface area contributed by atoms with E-state index in [1.807, 2.05) is 5.38 Å². The smallest absolute Gasteiger partial charge is 0.258 e. The molecule has 1 atom stereocenters. The van der Waals surface area contributed by atoms with Gasteiger partial charge in [0.05, 0.1) is 5.69 Å². The average molecular weight is 275 g/mol. The summed E-state index contributed by atoms with van der Waals surface area (Å²) in [5, 5.41) is 1.91. The Kier molecular flexibility index (Phi) is 2.70. The van der Waals surface area contributed by atoms with E-state index in [0.29, 0.717) is 0 Å². The Morgan fingerprint density at radius 2 is 2.26 bits per heavy atom. The minimum absolute atomic E-state index is 0.0448. The van der Waals surface area contributed by atoms with Crippen LogP contribution in [0.2, 0.25) is 0 Å². The standard InChI is InChI=1S/C14H17N3OS/c18-13-8-11(15-14-17(13)6-7-19-14)9-16-5-1-2-12(16)10-3-4-10/h6-8,10,12H,1-5,9H2. The molecule has 4 nitrogen and oxygen atoms in total. The molecule has 0 radical (unpaired) electrons. The fourth-order valence-corrected chi connectivity index (χ4v) is 3.98. The largest absolute Gasteiger partial charge is 0.294 e. The van der Waals surface area contributed by atoms with Gasteiger partial charge in [-0.2, -0.15) is 0 Å². The summed E-state index contributed by atoms with van der Waals surface area (Å²) in [5.41, 5.74) is 0.975. The molecule has 1 saturated heterocycles. The van der Waals surface area contributed by atoms with E-state index < -0.39 is 0 Å². The average Bonchev–Trinajstić information content (AvgIpc) is 2.94. The SMILES string of the molecule is O=c1cc(CN2CCCC2C2CC2)nc2sccn12. The van der Waals surface area contributed by atoms with Crippen LogP contribution < -0.4 is 5.56 Å². The predicted molar refractivity (Wildman–Crippen MR) is 75.5 cm³/mol. The molecule has 0 bridgehead atoms. The first-order chi connectivity index (χ1) is 9.31. The maximum absolute atomic E-state index is 12.0. The van der Waals surface area contributed by atoms with E-state index in [9.17, 15) is 4.79 Å². The second kappa shape index (κ2) is 4.42. The highest BCUT2D eigenvalue weighted by atomic mass is 32.1. The Labute approximate surface area is 115 Å². The number of hydrogen-bond acceptors (Lipinski definition) is 4. The lowest BCUT2D eigenvalue weighted by molar-refractivity contribution is 0.221. The molecule has 2 aromatic heterocycles. The van der Waals surface area contributed by atoms with E-state index in [1.165, 1.54) is 37.0 Å². The van der Waals surface area contributed by atoms with E-state index in [0.717, 1.165) is 35.7 Å². The first-order valence-corrected chi connectivity index (χ1v) is 7.89. The Morgan fingerprint density at radius 3 is 3.11 bits per heavy atom. The van der Waals surface area contributed by atoms with Crippen molar-refractivity contribution in [1.29, 1.82) is 0 Å². The second-order valence-corrected chi connectivity index (χ2v) is 6.53. The van der Waals surface area contributed by atoms with Gasteiger partial charge in [0, 0.05) is 30.2 Å². The van der Waals surface area contributed by atoms with Crippen LogP contribution in [0.1, 0.15) is 31.4 Å². The predicted octanol–water partition coefficient (Wildman–Crippen LogP) is 2.13. The highest BCUT2D eigenvalue weighted by Crippen LogP contribution is 2.40. The van der Waals surface area contributed by atoms with Crippen molar-refractivity contribution >= 4 is 16.3 Å².